The lowest BCUT2D eigenvalue weighted by atomic mass is 10.1. The third-order valence-electron chi connectivity index (χ3n) is 7.01. The van der Waals surface area contributed by atoms with Crippen LogP contribution in [0.15, 0.2) is 114 Å². The molecule has 0 aliphatic carbocycles. The summed E-state index contributed by atoms with van der Waals surface area (Å²) in [6, 6.07) is 34.6. The van der Waals surface area contributed by atoms with E-state index in [-0.39, 0.29) is 0 Å². The fourth-order valence-corrected chi connectivity index (χ4v) is 5.41. The molecule has 0 saturated carbocycles. The summed E-state index contributed by atoms with van der Waals surface area (Å²) in [7, 11) is 0. The van der Waals surface area contributed by atoms with E-state index < -0.39 is 0 Å². The Bertz CT molecular complexity index is 2080. The number of hydrogen-bond acceptors (Lipinski definition) is 2. The molecule has 0 bridgehead atoms. The highest BCUT2D eigenvalue weighted by molar-refractivity contribution is 6.19. The third-order valence-corrected chi connectivity index (χ3v) is 7.01. The first kappa shape index (κ1) is 17.9. The molecule has 0 atom stereocenters. The summed E-state index contributed by atoms with van der Waals surface area (Å²) in [5.74, 6) is 0. The molecule has 3 aromatic heterocycles. The van der Waals surface area contributed by atoms with Gasteiger partial charge in [-0.15, -0.1) is 0 Å². The Balaban J connectivity index is 1.58. The molecule has 3 nitrogen and oxygen atoms in total. The maximum atomic E-state index is 6.25. The molecule has 0 aliphatic rings. The van der Waals surface area contributed by atoms with Crippen molar-refractivity contribution in [1.82, 2.24) is 9.55 Å². The Kier molecular flexibility index (Phi) is 3.39. The molecule has 34 heavy (non-hydrogen) atoms. The highest BCUT2D eigenvalue weighted by Gasteiger charge is 2.17. The lowest BCUT2D eigenvalue weighted by Gasteiger charge is -2.10. The third kappa shape index (κ3) is 2.38. The smallest absolute Gasteiger partial charge is 0.136 e. The fourth-order valence-electron chi connectivity index (χ4n) is 5.41. The molecule has 8 rings (SSSR count). The molecule has 0 radical (unpaired) electrons. The molecule has 3 heterocycles. The largest absolute Gasteiger partial charge is 0.456 e. The van der Waals surface area contributed by atoms with Crippen molar-refractivity contribution in [2.75, 3.05) is 0 Å². The molecular weight excluding hydrogens is 416 g/mol. The van der Waals surface area contributed by atoms with Gasteiger partial charge in [-0.05, 0) is 64.7 Å². The van der Waals surface area contributed by atoms with Crippen molar-refractivity contribution in [2.24, 2.45) is 0 Å². The summed E-state index contributed by atoms with van der Waals surface area (Å²) < 4.78 is 8.64. The minimum atomic E-state index is 0.921. The van der Waals surface area contributed by atoms with Gasteiger partial charge in [0.2, 0.25) is 0 Å². The van der Waals surface area contributed by atoms with Crippen molar-refractivity contribution in [3.8, 4) is 5.69 Å². The second kappa shape index (κ2) is 6.46. The molecular formula is C31H18N2O. The van der Waals surface area contributed by atoms with Crippen LogP contribution in [0.5, 0.6) is 0 Å². The molecule has 8 aromatic rings. The van der Waals surface area contributed by atoms with Gasteiger partial charge < -0.3 is 8.98 Å². The average Bonchev–Trinajstić information content (AvgIpc) is 3.40. The average molecular weight is 434 g/mol. The maximum Gasteiger partial charge on any atom is 0.136 e. The zero-order chi connectivity index (χ0) is 22.2. The number of rotatable bonds is 1. The van der Waals surface area contributed by atoms with Gasteiger partial charge >= 0.3 is 0 Å². The maximum absolute atomic E-state index is 6.25. The quantitative estimate of drug-likeness (QED) is 0.260. The van der Waals surface area contributed by atoms with E-state index in [4.69, 9.17) is 4.42 Å². The number of furan rings is 1. The number of benzene rings is 5. The summed E-state index contributed by atoms with van der Waals surface area (Å²) in [6.07, 6.45) is 3.77. The number of fused-ring (bicyclic) bond motifs is 8. The van der Waals surface area contributed by atoms with Gasteiger partial charge in [-0.1, -0.05) is 48.5 Å². The highest BCUT2D eigenvalue weighted by Crippen LogP contribution is 2.39. The molecule has 0 unspecified atom stereocenters. The molecule has 0 spiro atoms. The van der Waals surface area contributed by atoms with Gasteiger partial charge in [-0.3, -0.25) is 4.98 Å². The normalized spacial score (nSPS) is 12.1. The fraction of sp³-hybridized carbons (Fsp3) is 0. The second-order valence-corrected chi connectivity index (χ2v) is 8.92. The molecule has 0 amide bonds. The van der Waals surface area contributed by atoms with E-state index in [0.717, 1.165) is 33.0 Å². The van der Waals surface area contributed by atoms with Gasteiger partial charge in [-0.2, -0.15) is 0 Å². The molecule has 0 N–H and O–H groups in total. The van der Waals surface area contributed by atoms with Crippen LogP contribution in [-0.4, -0.2) is 9.55 Å². The summed E-state index contributed by atoms with van der Waals surface area (Å²) in [6.45, 7) is 0. The van der Waals surface area contributed by atoms with Crippen molar-refractivity contribution in [3.63, 3.8) is 0 Å². The Morgan fingerprint density at radius 3 is 2.24 bits per heavy atom. The van der Waals surface area contributed by atoms with E-state index in [1.54, 1.807) is 0 Å². The summed E-state index contributed by atoms with van der Waals surface area (Å²) >= 11 is 0. The van der Waals surface area contributed by atoms with Crippen LogP contribution in [0.1, 0.15) is 0 Å². The summed E-state index contributed by atoms with van der Waals surface area (Å²) in [5.41, 5.74) is 5.35. The Labute approximate surface area is 194 Å². The van der Waals surface area contributed by atoms with E-state index in [2.05, 4.69) is 94.5 Å². The predicted molar refractivity (Wildman–Crippen MR) is 141 cm³/mol. The van der Waals surface area contributed by atoms with Gasteiger partial charge in [-0.25, -0.2) is 0 Å². The van der Waals surface area contributed by atoms with Gasteiger partial charge in [0.1, 0.15) is 11.2 Å². The number of pyridine rings is 1. The second-order valence-electron chi connectivity index (χ2n) is 8.92. The van der Waals surface area contributed by atoms with Crippen molar-refractivity contribution < 1.29 is 4.42 Å². The van der Waals surface area contributed by atoms with E-state index >= 15 is 0 Å². The Morgan fingerprint density at radius 2 is 1.29 bits per heavy atom. The number of aromatic nitrogens is 2. The van der Waals surface area contributed by atoms with Crippen molar-refractivity contribution in [2.45, 2.75) is 0 Å². The van der Waals surface area contributed by atoms with Crippen LogP contribution in [0.2, 0.25) is 0 Å². The minimum absolute atomic E-state index is 0.921. The van der Waals surface area contributed by atoms with Crippen LogP contribution in [0, 0.1) is 0 Å². The molecule has 0 aliphatic heterocycles. The molecule has 158 valence electrons. The van der Waals surface area contributed by atoms with Crippen LogP contribution in [0.3, 0.4) is 0 Å². The summed E-state index contributed by atoms with van der Waals surface area (Å²) in [5, 5.41) is 9.50. The molecule has 0 fully saturated rings. The zero-order valence-corrected chi connectivity index (χ0v) is 18.2. The van der Waals surface area contributed by atoms with E-state index in [1.807, 2.05) is 24.5 Å². The molecule has 5 aromatic carbocycles. The van der Waals surface area contributed by atoms with E-state index in [1.165, 1.54) is 38.0 Å². The van der Waals surface area contributed by atoms with Gasteiger partial charge in [0.05, 0.1) is 11.0 Å². The van der Waals surface area contributed by atoms with Crippen LogP contribution in [0.4, 0.5) is 0 Å². The Hall–Kier alpha value is -4.63. The van der Waals surface area contributed by atoms with Crippen LogP contribution in [0.25, 0.3) is 71.0 Å². The van der Waals surface area contributed by atoms with Crippen LogP contribution in [-0.2, 0) is 0 Å². The summed E-state index contributed by atoms with van der Waals surface area (Å²) in [4.78, 5) is 4.28. The first-order chi connectivity index (χ1) is 16.8. The van der Waals surface area contributed by atoms with Crippen molar-refractivity contribution in [3.05, 3.63) is 109 Å². The lowest BCUT2D eigenvalue weighted by Crippen LogP contribution is -1.94. The van der Waals surface area contributed by atoms with E-state index in [0.29, 0.717) is 0 Å². The van der Waals surface area contributed by atoms with Gasteiger partial charge in [0.15, 0.2) is 0 Å². The first-order valence-corrected chi connectivity index (χ1v) is 11.5. The van der Waals surface area contributed by atoms with Gasteiger partial charge in [0, 0.05) is 45.0 Å². The zero-order valence-electron chi connectivity index (χ0n) is 18.2. The number of nitrogens with zero attached hydrogens (tertiary/aromatic N) is 2. The predicted octanol–water partition coefficient (Wildman–Crippen LogP) is 8.38. The molecule has 3 heteroatoms. The Morgan fingerprint density at radius 1 is 0.529 bits per heavy atom. The molecule has 0 saturated heterocycles. The minimum Gasteiger partial charge on any atom is -0.456 e. The first-order valence-electron chi connectivity index (χ1n) is 11.5. The standard InChI is InChI=1S/C31H18N2O/c1-2-6-20-15-28-25(14-19(20)5-1)26-17-31-27(24-7-3-4-8-30(24)34-31)16-29(26)33(28)23-10-9-22-18-32-12-11-21(22)13-23/h1-18H. The van der Waals surface area contributed by atoms with E-state index in [9.17, 15) is 0 Å². The topological polar surface area (TPSA) is 31.0 Å². The monoisotopic (exact) mass is 434 g/mol. The van der Waals surface area contributed by atoms with Crippen LogP contribution >= 0.6 is 0 Å². The lowest BCUT2D eigenvalue weighted by molar-refractivity contribution is 0.669. The van der Waals surface area contributed by atoms with Crippen molar-refractivity contribution >= 4 is 65.3 Å². The van der Waals surface area contributed by atoms with Gasteiger partial charge in [0.25, 0.3) is 0 Å². The SMILES string of the molecule is c1ccc2cc3c(cc2c1)c1cc2oc4ccccc4c2cc1n3-c1ccc2cnccc2c1. The van der Waals surface area contributed by atoms with Crippen LogP contribution < -0.4 is 0 Å². The number of para-hydroxylation sites is 1. The van der Waals surface area contributed by atoms with Crippen molar-refractivity contribution in [1.29, 1.82) is 0 Å². The highest BCUT2D eigenvalue weighted by atomic mass is 16.3. The number of hydrogen-bond donors (Lipinski definition) is 0.